The number of halogens is 4. The predicted octanol–water partition coefficient (Wildman–Crippen LogP) is 5.93. The van der Waals surface area contributed by atoms with E-state index in [1.54, 1.807) is 0 Å². The van der Waals surface area contributed by atoms with Crippen LogP contribution < -0.4 is 20.5 Å². The number of hydrogen-bond donors (Lipinski definition) is 3. The number of aromatic nitrogens is 1. The number of ether oxygens (including phenoxy) is 2. The number of aromatic hydroxyl groups is 1. The third-order valence-corrected chi connectivity index (χ3v) is 5.60. The molecule has 1 heterocycles. The monoisotopic (exact) mass is 531 g/mol. The van der Waals surface area contributed by atoms with E-state index in [9.17, 15) is 27.9 Å². The molecule has 1 aromatic heterocycles. The zero-order valence-electron chi connectivity index (χ0n) is 19.6. The zero-order valence-corrected chi connectivity index (χ0v) is 19.6. The summed E-state index contributed by atoms with van der Waals surface area (Å²) in [4.78, 5) is 28.3. The molecule has 0 spiro atoms. The van der Waals surface area contributed by atoms with Gasteiger partial charge in [-0.1, -0.05) is 6.08 Å². The highest BCUT2D eigenvalue weighted by Crippen LogP contribution is 2.39. The smallest absolute Gasteiger partial charge is 0.504 e. The van der Waals surface area contributed by atoms with Crippen molar-refractivity contribution < 1.29 is 41.7 Å². The number of nitrogens with zero attached hydrogens (tertiary/aromatic N) is 1. The van der Waals surface area contributed by atoms with Gasteiger partial charge in [-0.25, -0.2) is 4.39 Å². The summed E-state index contributed by atoms with van der Waals surface area (Å²) < 4.78 is 62.4. The average Bonchev–Trinajstić information content (AvgIpc) is 2.85. The molecule has 0 fully saturated rings. The van der Waals surface area contributed by atoms with Gasteiger partial charge in [0.25, 0.3) is 11.8 Å². The van der Waals surface area contributed by atoms with E-state index in [1.165, 1.54) is 30.5 Å². The number of amides is 2. The van der Waals surface area contributed by atoms with Crippen molar-refractivity contribution in [2.45, 2.75) is 32.0 Å². The number of carbonyl (C=O) groups is 2. The molecular weight excluding hydrogens is 510 g/mol. The molecule has 8 nitrogen and oxygen atoms in total. The van der Waals surface area contributed by atoms with Gasteiger partial charge in [0, 0.05) is 18.0 Å². The number of rotatable bonds is 7. The van der Waals surface area contributed by atoms with Crippen LogP contribution in [0, 0.1) is 5.82 Å². The molecule has 4 N–H and O–H groups in total. The van der Waals surface area contributed by atoms with E-state index >= 15 is 4.39 Å². The van der Waals surface area contributed by atoms with Crippen LogP contribution in [0.3, 0.4) is 0 Å². The Balaban J connectivity index is 1.72. The lowest BCUT2D eigenvalue weighted by Gasteiger charge is -2.18. The minimum Gasteiger partial charge on any atom is -0.504 e. The van der Waals surface area contributed by atoms with E-state index in [0.29, 0.717) is 18.1 Å². The lowest BCUT2D eigenvalue weighted by molar-refractivity contribution is -0.274. The summed E-state index contributed by atoms with van der Waals surface area (Å²) in [7, 11) is 0. The van der Waals surface area contributed by atoms with E-state index in [4.69, 9.17) is 10.5 Å². The molecule has 0 unspecified atom stereocenters. The fraction of sp³-hybridized carbons (Fsp3) is 0.192. The van der Waals surface area contributed by atoms with Gasteiger partial charge >= 0.3 is 6.36 Å². The molecule has 0 saturated heterocycles. The predicted molar refractivity (Wildman–Crippen MR) is 128 cm³/mol. The Hall–Kier alpha value is -4.61. The maximum Gasteiger partial charge on any atom is 0.573 e. The van der Waals surface area contributed by atoms with Gasteiger partial charge in [0.15, 0.2) is 11.5 Å². The Kier molecular flexibility index (Phi) is 7.51. The fourth-order valence-corrected chi connectivity index (χ4v) is 3.90. The second-order valence-corrected chi connectivity index (χ2v) is 8.33. The van der Waals surface area contributed by atoms with Crippen molar-refractivity contribution >= 4 is 23.1 Å². The molecule has 0 bridgehead atoms. The number of phenols is 1. The minimum absolute atomic E-state index is 0.0970. The molecule has 2 aromatic carbocycles. The van der Waals surface area contributed by atoms with E-state index in [-0.39, 0.29) is 22.9 Å². The largest absolute Gasteiger partial charge is 0.573 e. The van der Waals surface area contributed by atoms with Gasteiger partial charge in [-0.05, 0) is 73.2 Å². The van der Waals surface area contributed by atoms with Crippen LogP contribution in [-0.4, -0.2) is 28.3 Å². The molecule has 0 atom stereocenters. The van der Waals surface area contributed by atoms with Crippen molar-refractivity contribution in [3.05, 3.63) is 77.4 Å². The summed E-state index contributed by atoms with van der Waals surface area (Å²) in [6.07, 6.45) is 1.53. The first-order valence-corrected chi connectivity index (χ1v) is 11.4. The van der Waals surface area contributed by atoms with Gasteiger partial charge in [-0.3, -0.25) is 14.6 Å². The van der Waals surface area contributed by atoms with Crippen LogP contribution in [-0.2, 0) is 0 Å². The first kappa shape index (κ1) is 26.5. The molecule has 12 heteroatoms. The van der Waals surface area contributed by atoms with Crippen LogP contribution in [0.15, 0.2) is 54.7 Å². The van der Waals surface area contributed by atoms with Crippen molar-refractivity contribution in [3.8, 4) is 23.0 Å². The quantitative estimate of drug-likeness (QED) is 0.325. The topological polar surface area (TPSA) is 124 Å². The molecule has 0 aliphatic heterocycles. The first-order valence-electron chi connectivity index (χ1n) is 11.4. The van der Waals surface area contributed by atoms with Gasteiger partial charge in [-0.15, -0.1) is 13.2 Å². The number of phenolic OH excluding ortho intramolecular Hbond substituents is 1. The van der Waals surface area contributed by atoms with E-state index in [1.807, 2.05) is 6.08 Å². The second-order valence-electron chi connectivity index (χ2n) is 8.33. The van der Waals surface area contributed by atoms with Crippen LogP contribution in [0.25, 0.3) is 5.57 Å². The number of pyridine rings is 1. The average molecular weight is 531 g/mol. The van der Waals surface area contributed by atoms with Crippen molar-refractivity contribution in [1.29, 1.82) is 0 Å². The van der Waals surface area contributed by atoms with Crippen LogP contribution in [0.1, 0.15) is 52.1 Å². The number of alkyl halides is 3. The molecular formula is C26H21F4N3O5. The Morgan fingerprint density at radius 2 is 1.84 bits per heavy atom. The lowest BCUT2D eigenvalue weighted by atomic mass is 9.92. The first-order chi connectivity index (χ1) is 18.0. The summed E-state index contributed by atoms with van der Waals surface area (Å²) in [5.74, 6) is -4.82. The summed E-state index contributed by atoms with van der Waals surface area (Å²) >= 11 is 0. The standard InChI is InChI=1S/C26H21F4N3O5/c27-18-10-15(14-4-2-1-3-5-14)11-22(37-21-7-6-17(13-20(21)34)38-26(28,29)30)23(18)25(36)33-16-8-9-32-19(12-16)24(31)35/h4,6-13,34H,1-3,5H2,(H2,31,35)(H,32,33,36). The molecule has 0 saturated carbocycles. The Bertz CT molecular complexity index is 1420. The highest BCUT2D eigenvalue weighted by Gasteiger charge is 2.31. The highest BCUT2D eigenvalue weighted by atomic mass is 19.4. The van der Waals surface area contributed by atoms with Crippen LogP contribution in [0.2, 0.25) is 0 Å². The number of carbonyl (C=O) groups excluding carboxylic acids is 2. The second kappa shape index (κ2) is 10.8. The summed E-state index contributed by atoms with van der Waals surface area (Å²) in [5.41, 5.74) is 5.92. The third-order valence-electron chi connectivity index (χ3n) is 5.60. The van der Waals surface area contributed by atoms with Crippen LogP contribution >= 0.6 is 0 Å². The Labute approximate surface area is 213 Å². The number of nitrogens with one attached hydrogen (secondary N) is 1. The summed E-state index contributed by atoms with van der Waals surface area (Å²) in [6, 6.07) is 7.71. The molecule has 0 radical (unpaired) electrons. The SMILES string of the molecule is NC(=O)c1cc(NC(=O)c2c(F)cc(C3=CCCCC3)cc2Oc2ccc(OC(F)(F)F)cc2O)ccn1. The number of anilines is 1. The summed E-state index contributed by atoms with van der Waals surface area (Å²) in [5, 5.41) is 12.7. The van der Waals surface area contributed by atoms with Gasteiger partial charge in [0.1, 0.15) is 28.6 Å². The van der Waals surface area contributed by atoms with Crippen molar-refractivity contribution in [2.24, 2.45) is 5.73 Å². The lowest BCUT2D eigenvalue weighted by Crippen LogP contribution is -2.17. The van der Waals surface area contributed by atoms with Gasteiger partial charge < -0.3 is 25.6 Å². The maximum absolute atomic E-state index is 15.4. The maximum atomic E-state index is 15.4. The van der Waals surface area contributed by atoms with E-state index < -0.39 is 41.1 Å². The summed E-state index contributed by atoms with van der Waals surface area (Å²) in [6.45, 7) is 0. The molecule has 198 valence electrons. The van der Waals surface area contributed by atoms with Gasteiger partial charge in [0.2, 0.25) is 0 Å². The van der Waals surface area contributed by atoms with E-state index in [0.717, 1.165) is 37.0 Å². The normalized spacial score (nSPS) is 13.4. The van der Waals surface area contributed by atoms with E-state index in [2.05, 4.69) is 15.0 Å². The number of benzene rings is 2. The fourth-order valence-electron chi connectivity index (χ4n) is 3.90. The van der Waals surface area contributed by atoms with Crippen molar-refractivity contribution in [3.63, 3.8) is 0 Å². The third kappa shape index (κ3) is 6.38. The number of hydrogen-bond acceptors (Lipinski definition) is 6. The van der Waals surface area contributed by atoms with Crippen molar-refractivity contribution in [2.75, 3.05) is 5.32 Å². The Morgan fingerprint density at radius 3 is 2.50 bits per heavy atom. The minimum atomic E-state index is -4.98. The zero-order chi connectivity index (χ0) is 27.4. The Morgan fingerprint density at radius 1 is 1.05 bits per heavy atom. The molecule has 1 aliphatic carbocycles. The molecule has 1 aliphatic rings. The molecule has 4 rings (SSSR count). The van der Waals surface area contributed by atoms with Crippen LogP contribution in [0.5, 0.6) is 23.0 Å². The molecule has 3 aromatic rings. The van der Waals surface area contributed by atoms with Gasteiger partial charge in [0.05, 0.1) is 0 Å². The molecule has 2 amide bonds. The number of nitrogens with two attached hydrogens (primary N) is 1. The number of allylic oxidation sites excluding steroid dienone is 2. The molecule has 38 heavy (non-hydrogen) atoms. The van der Waals surface area contributed by atoms with Gasteiger partial charge in [-0.2, -0.15) is 0 Å². The van der Waals surface area contributed by atoms with Crippen molar-refractivity contribution in [1.82, 2.24) is 4.98 Å². The highest BCUT2D eigenvalue weighted by molar-refractivity contribution is 6.07. The number of primary amides is 1. The van der Waals surface area contributed by atoms with Crippen LogP contribution in [0.4, 0.5) is 23.2 Å².